The van der Waals surface area contributed by atoms with E-state index < -0.39 is 29.4 Å². The maximum atomic E-state index is 13.9. The smallest absolute Gasteiger partial charge is 0.192 e. The highest BCUT2D eigenvalue weighted by atomic mass is 19.4. The van der Waals surface area contributed by atoms with Crippen LogP contribution in [0.2, 0.25) is 0 Å². The number of nitrogens with zero attached hydrogens (tertiary/aromatic N) is 4. The average Bonchev–Trinajstić information content (AvgIpc) is 3.27. The summed E-state index contributed by atoms with van der Waals surface area (Å²) in [7, 11) is 0. The highest BCUT2D eigenvalue weighted by Gasteiger charge is 2.41. The fourth-order valence-corrected chi connectivity index (χ4v) is 5.45. The Morgan fingerprint density at radius 1 is 0.738 bits per heavy atom. The molecule has 2 aromatic carbocycles. The Hall–Kier alpha value is -5.58. The van der Waals surface area contributed by atoms with Gasteiger partial charge < -0.3 is 0 Å². The van der Waals surface area contributed by atoms with Crippen molar-refractivity contribution < 1.29 is 26.3 Å². The molecule has 0 N–H and O–H groups in total. The molecule has 3 aliphatic carbocycles. The fraction of sp³-hybridized carbons (Fsp3) is 0.125. The van der Waals surface area contributed by atoms with Crippen molar-refractivity contribution in [1.29, 1.82) is 21.0 Å². The zero-order valence-electron chi connectivity index (χ0n) is 21.2. The average molecular weight is 568 g/mol. The first-order valence-corrected chi connectivity index (χ1v) is 12.3. The van der Waals surface area contributed by atoms with Crippen LogP contribution in [0.4, 0.5) is 26.3 Å². The van der Waals surface area contributed by atoms with Crippen LogP contribution in [0.15, 0.2) is 77.9 Å². The lowest BCUT2D eigenvalue weighted by Gasteiger charge is -2.21. The third-order valence-electron chi connectivity index (χ3n) is 7.22. The molecule has 1 atom stereocenters. The third-order valence-corrected chi connectivity index (χ3v) is 7.22. The Kier molecular flexibility index (Phi) is 6.73. The standard InChI is InChI=1S/C32H14F6N4/c33-31(34,35)28-7-3-1-5-20(28)22-11-26-24(9-17(22)13-39)25-10-18(14-40)23(12-27(25)30(26)19(15-41)16-42)21-6-2-4-8-29(21)32(36,37)38/h1-5,7-12,28H,6H2. The molecule has 0 radical (unpaired) electrons. The molecule has 0 aliphatic heterocycles. The molecule has 204 valence electrons. The summed E-state index contributed by atoms with van der Waals surface area (Å²) in [6, 6.07) is 12.6. The number of rotatable bonds is 0. The van der Waals surface area contributed by atoms with Crippen LogP contribution >= 0.6 is 0 Å². The van der Waals surface area contributed by atoms with Crippen LogP contribution in [-0.2, 0) is 0 Å². The number of halogens is 6. The maximum Gasteiger partial charge on any atom is 0.416 e. The van der Waals surface area contributed by atoms with Crippen molar-refractivity contribution in [2.24, 2.45) is 5.92 Å². The number of hydrogen-bond acceptors (Lipinski definition) is 4. The summed E-state index contributed by atoms with van der Waals surface area (Å²) in [6.07, 6.45) is -1.13. The van der Waals surface area contributed by atoms with Gasteiger partial charge in [0.1, 0.15) is 17.7 Å². The quantitative estimate of drug-likeness (QED) is 0.248. The molecule has 10 heteroatoms. The van der Waals surface area contributed by atoms with E-state index in [1.54, 1.807) is 12.1 Å². The number of benzene rings is 2. The molecule has 42 heavy (non-hydrogen) atoms. The zero-order valence-corrected chi connectivity index (χ0v) is 21.2. The Morgan fingerprint density at radius 2 is 1.33 bits per heavy atom. The molecule has 3 aliphatic rings. The first kappa shape index (κ1) is 28.0. The maximum absolute atomic E-state index is 13.9. The fourth-order valence-electron chi connectivity index (χ4n) is 5.45. The number of allylic oxidation sites excluding steroid dienone is 9. The van der Waals surface area contributed by atoms with Gasteiger partial charge in [-0.1, -0.05) is 42.5 Å². The van der Waals surface area contributed by atoms with Crippen molar-refractivity contribution in [3.8, 4) is 24.3 Å². The van der Waals surface area contributed by atoms with E-state index in [1.165, 1.54) is 54.6 Å². The van der Waals surface area contributed by atoms with E-state index in [-0.39, 0.29) is 66.3 Å². The minimum absolute atomic E-state index is 0.00883. The second kappa shape index (κ2) is 10.1. The predicted octanol–water partition coefficient (Wildman–Crippen LogP) is 5.93. The second-order valence-electron chi connectivity index (χ2n) is 9.49. The Morgan fingerprint density at radius 3 is 1.88 bits per heavy atom. The molecule has 0 saturated carbocycles. The van der Waals surface area contributed by atoms with Crippen molar-refractivity contribution in [2.45, 2.75) is 18.8 Å². The van der Waals surface area contributed by atoms with Crippen molar-refractivity contribution in [2.75, 3.05) is 0 Å². The van der Waals surface area contributed by atoms with Gasteiger partial charge in [-0.25, -0.2) is 0 Å². The lowest BCUT2D eigenvalue weighted by atomic mass is 9.88. The Labute approximate surface area is 234 Å². The van der Waals surface area contributed by atoms with Crippen molar-refractivity contribution >= 4 is 16.7 Å². The van der Waals surface area contributed by atoms with Crippen LogP contribution in [-0.4, -0.2) is 12.4 Å². The van der Waals surface area contributed by atoms with E-state index in [1.807, 2.05) is 12.1 Å². The van der Waals surface area contributed by atoms with E-state index in [0.717, 1.165) is 12.2 Å². The van der Waals surface area contributed by atoms with Crippen LogP contribution in [0.1, 0.15) is 28.7 Å². The first-order valence-electron chi connectivity index (χ1n) is 12.3. The number of nitriles is 4. The summed E-state index contributed by atoms with van der Waals surface area (Å²) in [6.45, 7) is 0. The van der Waals surface area contributed by atoms with Crippen LogP contribution in [0.25, 0.3) is 16.7 Å². The Balaban J connectivity index is 1.98. The van der Waals surface area contributed by atoms with Crippen LogP contribution < -0.4 is 10.4 Å². The molecule has 2 aromatic rings. The lowest BCUT2D eigenvalue weighted by molar-refractivity contribution is -0.146. The largest absolute Gasteiger partial charge is 0.416 e. The first-order chi connectivity index (χ1) is 19.9. The normalized spacial score (nSPS) is 19.6. The van der Waals surface area contributed by atoms with Gasteiger partial charge in [-0.3, -0.25) is 0 Å². The summed E-state index contributed by atoms with van der Waals surface area (Å²) in [4.78, 5) is 0. The second-order valence-corrected chi connectivity index (χ2v) is 9.49. The molecule has 4 nitrogen and oxygen atoms in total. The molecule has 0 heterocycles. The van der Waals surface area contributed by atoms with Crippen molar-refractivity contribution in [1.82, 2.24) is 0 Å². The van der Waals surface area contributed by atoms with Gasteiger partial charge in [-0.2, -0.15) is 47.4 Å². The molecule has 0 bridgehead atoms. The van der Waals surface area contributed by atoms with E-state index in [9.17, 15) is 47.4 Å². The lowest BCUT2D eigenvalue weighted by Crippen LogP contribution is -2.27. The highest BCUT2D eigenvalue weighted by Crippen LogP contribution is 2.39. The highest BCUT2D eigenvalue weighted by molar-refractivity contribution is 5.91. The Bertz CT molecular complexity index is 2030. The number of hydrogen-bond donors (Lipinski definition) is 0. The summed E-state index contributed by atoms with van der Waals surface area (Å²) >= 11 is 0. The molecule has 0 amide bonds. The summed E-state index contributed by atoms with van der Waals surface area (Å²) in [5.41, 5.74) is -1.75. The van der Waals surface area contributed by atoms with Crippen molar-refractivity contribution in [3.63, 3.8) is 0 Å². The molecule has 0 spiro atoms. The minimum atomic E-state index is -4.73. The topological polar surface area (TPSA) is 95.2 Å². The molecular formula is C32H14F6N4. The molecular weight excluding hydrogens is 554 g/mol. The molecule has 0 saturated heterocycles. The molecule has 0 aromatic heterocycles. The summed E-state index contributed by atoms with van der Waals surface area (Å²) in [5.74, 6) is -2.03. The van der Waals surface area contributed by atoms with E-state index >= 15 is 0 Å². The van der Waals surface area contributed by atoms with Crippen LogP contribution in [0, 0.1) is 61.7 Å². The summed E-state index contributed by atoms with van der Waals surface area (Å²) < 4.78 is 83.5. The van der Waals surface area contributed by atoms with Gasteiger partial charge >= 0.3 is 12.4 Å². The minimum Gasteiger partial charge on any atom is -0.192 e. The van der Waals surface area contributed by atoms with Gasteiger partial charge in [0, 0.05) is 5.57 Å². The number of fused-ring (bicyclic) bond motifs is 2. The number of alkyl halides is 6. The molecule has 5 rings (SSSR count). The van der Waals surface area contributed by atoms with E-state index in [2.05, 4.69) is 0 Å². The van der Waals surface area contributed by atoms with Gasteiger partial charge in [0.25, 0.3) is 0 Å². The monoisotopic (exact) mass is 568 g/mol. The predicted molar refractivity (Wildman–Crippen MR) is 139 cm³/mol. The van der Waals surface area contributed by atoms with Crippen molar-refractivity contribution in [3.05, 3.63) is 121 Å². The molecule has 0 fully saturated rings. The van der Waals surface area contributed by atoms with Gasteiger partial charge in [-0.15, -0.1) is 0 Å². The van der Waals surface area contributed by atoms with E-state index in [4.69, 9.17) is 0 Å². The molecule has 1 unspecified atom stereocenters. The third kappa shape index (κ3) is 4.50. The zero-order chi connectivity index (χ0) is 30.4. The van der Waals surface area contributed by atoms with Gasteiger partial charge in [0.15, 0.2) is 0 Å². The van der Waals surface area contributed by atoms with E-state index in [0.29, 0.717) is 0 Å². The van der Waals surface area contributed by atoms with Gasteiger partial charge in [0.05, 0.1) is 34.8 Å². The SMILES string of the molecule is N#CC(C#N)=C1c2cc(=C3CC=CC=C3C(F)(F)F)c(C#N)cc2=c2cc(C#N)c(=C3C=CC=CC3C(F)(F)F)cc21. The van der Waals surface area contributed by atoms with Gasteiger partial charge in [0.2, 0.25) is 0 Å². The van der Waals surface area contributed by atoms with Gasteiger partial charge in [-0.05, 0) is 73.8 Å². The van der Waals surface area contributed by atoms with Crippen LogP contribution in [0.3, 0.4) is 0 Å². The summed E-state index contributed by atoms with van der Waals surface area (Å²) in [5, 5.41) is 39.8. The van der Waals surface area contributed by atoms with Crippen LogP contribution in [0.5, 0.6) is 0 Å².